The van der Waals surface area contributed by atoms with E-state index < -0.39 is 5.97 Å². The van der Waals surface area contributed by atoms with Gasteiger partial charge in [-0.15, -0.1) is 11.3 Å². The number of aromatic nitrogens is 1. The summed E-state index contributed by atoms with van der Waals surface area (Å²) in [5.74, 6) is 0.149. The van der Waals surface area contributed by atoms with Crippen LogP contribution in [0.15, 0.2) is 29.6 Å². The van der Waals surface area contributed by atoms with Crippen LogP contribution in [0.2, 0.25) is 0 Å². The van der Waals surface area contributed by atoms with E-state index in [1.807, 2.05) is 19.1 Å². The summed E-state index contributed by atoms with van der Waals surface area (Å²) in [6.07, 6.45) is 0.972. The molecule has 0 amide bonds. The number of hydrogen-bond donors (Lipinski definition) is 0. The van der Waals surface area contributed by atoms with Gasteiger partial charge in [0.15, 0.2) is 5.69 Å². The van der Waals surface area contributed by atoms with Crippen LogP contribution >= 0.6 is 11.3 Å². The molecule has 0 spiro atoms. The van der Waals surface area contributed by atoms with Gasteiger partial charge >= 0.3 is 5.97 Å². The Morgan fingerprint density at radius 3 is 2.59 bits per heavy atom. The van der Waals surface area contributed by atoms with E-state index in [-0.39, 0.29) is 0 Å². The van der Waals surface area contributed by atoms with Gasteiger partial charge in [0.1, 0.15) is 5.75 Å². The molecule has 0 N–H and O–H groups in total. The number of benzene rings is 1. The molecule has 0 aliphatic heterocycles. The predicted octanol–water partition coefficient (Wildman–Crippen LogP) is 3.23. The van der Waals surface area contributed by atoms with E-state index >= 15 is 0 Å². The number of carbonyl (C=O) groups excluding carboxylic acids is 1. The van der Waals surface area contributed by atoms with E-state index in [4.69, 9.17) is 4.74 Å². The number of nitrogens with zero attached hydrogens (tertiary/aromatic N) is 1. The number of ether oxygens (including phenoxy) is 1. The van der Waals surface area contributed by atoms with E-state index in [2.05, 4.69) is 11.9 Å². The van der Waals surface area contributed by atoms with Crippen LogP contribution in [0.25, 0.3) is 0 Å². The van der Waals surface area contributed by atoms with Gasteiger partial charge in [0.25, 0.3) is 0 Å². The summed E-state index contributed by atoms with van der Waals surface area (Å²) in [5, 5.41) is 2.57. The molecule has 0 saturated heterocycles. The smallest absolute Gasteiger partial charge is 0.363 e. The van der Waals surface area contributed by atoms with Gasteiger partial charge in [0.2, 0.25) is 0 Å². The Morgan fingerprint density at radius 1 is 1.35 bits per heavy atom. The minimum atomic E-state index is -0.404. The van der Waals surface area contributed by atoms with Gasteiger partial charge < -0.3 is 4.74 Å². The van der Waals surface area contributed by atoms with Crippen LogP contribution in [0.4, 0.5) is 0 Å². The van der Waals surface area contributed by atoms with E-state index in [1.165, 1.54) is 16.9 Å². The molecule has 2 aromatic rings. The normalized spacial score (nSPS) is 10.2. The van der Waals surface area contributed by atoms with E-state index in [0.717, 1.165) is 11.4 Å². The molecule has 0 atom stereocenters. The third kappa shape index (κ3) is 2.91. The second-order valence-electron chi connectivity index (χ2n) is 3.64. The van der Waals surface area contributed by atoms with Crippen molar-refractivity contribution in [3.8, 4) is 5.75 Å². The lowest BCUT2D eigenvalue weighted by Gasteiger charge is -2.03. The molecular weight excluding hydrogens is 234 g/mol. The molecule has 1 aromatic heterocycles. The summed E-state index contributed by atoms with van der Waals surface area (Å²) in [7, 11) is 0. The Hall–Kier alpha value is -1.68. The van der Waals surface area contributed by atoms with Crippen molar-refractivity contribution in [3.05, 3.63) is 45.9 Å². The number of aryl methyl sites for hydroxylation is 2. The topological polar surface area (TPSA) is 39.2 Å². The van der Waals surface area contributed by atoms with Crippen molar-refractivity contribution in [2.75, 3.05) is 0 Å². The van der Waals surface area contributed by atoms with Crippen LogP contribution in [0.5, 0.6) is 5.75 Å². The molecule has 1 aromatic carbocycles. The molecule has 0 aliphatic carbocycles. The van der Waals surface area contributed by atoms with Crippen LogP contribution < -0.4 is 4.74 Å². The number of carbonyl (C=O) groups is 1. The quantitative estimate of drug-likeness (QED) is 0.617. The second-order valence-corrected chi connectivity index (χ2v) is 4.70. The Kier molecular flexibility index (Phi) is 3.54. The molecule has 2 rings (SSSR count). The van der Waals surface area contributed by atoms with Crippen LogP contribution in [0.3, 0.4) is 0 Å². The molecular formula is C13H13NO2S. The summed E-state index contributed by atoms with van der Waals surface area (Å²) in [6.45, 7) is 3.94. The summed E-state index contributed by atoms with van der Waals surface area (Å²) in [6, 6.07) is 7.51. The molecule has 0 fully saturated rings. The standard InChI is InChI=1S/C13H13NO2S/c1-3-10-4-6-11(7-5-10)16-13(15)12-8-17-9(2)14-12/h4-8H,3H2,1-2H3. The summed E-state index contributed by atoms with van der Waals surface area (Å²) < 4.78 is 5.22. The van der Waals surface area contributed by atoms with Gasteiger partial charge in [-0.05, 0) is 31.0 Å². The Balaban J connectivity index is 2.07. The van der Waals surface area contributed by atoms with E-state index in [1.54, 1.807) is 17.5 Å². The summed E-state index contributed by atoms with van der Waals surface area (Å²) >= 11 is 1.44. The van der Waals surface area contributed by atoms with Gasteiger partial charge in [0.05, 0.1) is 5.01 Å². The van der Waals surface area contributed by atoms with Crippen molar-refractivity contribution < 1.29 is 9.53 Å². The summed E-state index contributed by atoms with van der Waals surface area (Å²) in [4.78, 5) is 15.8. The monoisotopic (exact) mass is 247 g/mol. The molecule has 0 saturated carbocycles. The maximum Gasteiger partial charge on any atom is 0.363 e. The number of thiazole rings is 1. The molecule has 0 radical (unpaired) electrons. The minimum absolute atomic E-state index is 0.368. The Bertz CT molecular complexity index is 516. The minimum Gasteiger partial charge on any atom is -0.422 e. The zero-order valence-corrected chi connectivity index (χ0v) is 10.6. The average Bonchev–Trinajstić information content (AvgIpc) is 2.77. The largest absolute Gasteiger partial charge is 0.422 e. The Morgan fingerprint density at radius 2 is 2.06 bits per heavy atom. The maximum absolute atomic E-state index is 11.7. The highest BCUT2D eigenvalue weighted by Crippen LogP contribution is 2.15. The third-order valence-electron chi connectivity index (χ3n) is 2.37. The first kappa shape index (κ1) is 11.8. The van der Waals surface area contributed by atoms with Crippen molar-refractivity contribution >= 4 is 17.3 Å². The predicted molar refractivity (Wildman–Crippen MR) is 67.6 cm³/mol. The van der Waals surface area contributed by atoms with Crippen LogP contribution in [-0.4, -0.2) is 11.0 Å². The van der Waals surface area contributed by atoms with Gasteiger partial charge in [-0.2, -0.15) is 0 Å². The molecule has 0 bridgehead atoms. The van der Waals surface area contributed by atoms with Gasteiger partial charge in [-0.1, -0.05) is 19.1 Å². The van der Waals surface area contributed by atoms with Crippen molar-refractivity contribution in [1.29, 1.82) is 0 Å². The number of rotatable bonds is 3. The molecule has 17 heavy (non-hydrogen) atoms. The molecule has 1 heterocycles. The Labute approximate surface area is 104 Å². The second kappa shape index (κ2) is 5.10. The molecule has 3 nitrogen and oxygen atoms in total. The zero-order chi connectivity index (χ0) is 12.3. The van der Waals surface area contributed by atoms with Gasteiger partial charge in [-0.25, -0.2) is 9.78 Å². The van der Waals surface area contributed by atoms with Gasteiger partial charge in [0, 0.05) is 5.38 Å². The number of hydrogen-bond acceptors (Lipinski definition) is 4. The highest BCUT2D eigenvalue weighted by atomic mass is 32.1. The first-order chi connectivity index (χ1) is 8.19. The van der Waals surface area contributed by atoms with Crippen LogP contribution in [0.1, 0.15) is 28.0 Å². The highest BCUT2D eigenvalue weighted by molar-refractivity contribution is 7.09. The number of esters is 1. The van der Waals surface area contributed by atoms with Crippen molar-refractivity contribution in [1.82, 2.24) is 4.98 Å². The SMILES string of the molecule is CCc1ccc(OC(=O)c2csc(C)n2)cc1. The third-order valence-corrected chi connectivity index (χ3v) is 3.14. The summed E-state index contributed by atoms with van der Waals surface area (Å²) in [5.41, 5.74) is 1.58. The fraction of sp³-hybridized carbons (Fsp3) is 0.231. The van der Waals surface area contributed by atoms with Crippen LogP contribution in [-0.2, 0) is 6.42 Å². The fourth-order valence-corrected chi connectivity index (χ4v) is 1.99. The zero-order valence-electron chi connectivity index (χ0n) is 9.77. The maximum atomic E-state index is 11.7. The first-order valence-corrected chi connectivity index (χ1v) is 6.30. The lowest BCUT2D eigenvalue weighted by molar-refractivity contribution is 0.0729. The molecule has 0 aliphatic rings. The van der Waals surface area contributed by atoms with Crippen molar-refractivity contribution in [3.63, 3.8) is 0 Å². The van der Waals surface area contributed by atoms with Crippen molar-refractivity contribution in [2.45, 2.75) is 20.3 Å². The van der Waals surface area contributed by atoms with E-state index in [0.29, 0.717) is 11.4 Å². The van der Waals surface area contributed by atoms with E-state index in [9.17, 15) is 4.79 Å². The lowest BCUT2D eigenvalue weighted by Crippen LogP contribution is -2.08. The molecule has 88 valence electrons. The van der Waals surface area contributed by atoms with Crippen molar-refractivity contribution in [2.24, 2.45) is 0 Å². The highest BCUT2D eigenvalue weighted by Gasteiger charge is 2.11. The molecule has 4 heteroatoms. The molecule has 0 unspecified atom stereocenters. The lowest BCUT2D eigenvalue weighted by atomic mass is 10.2. The average molecular weight is 247 g/mol. The van der Waals surface area contributed by atoms with Crippen LogP contribution in [0, 0.1) is 6.92 Å². The fourth-order valence-electron chi connectivity index (χ4n) is 1.41. The van der Waals surface area contributed by atoms with Gasteiger partial charge in [-0.3, -0.25) is 0 Å². The first-order valence-electron chi connectivity index (χ1n) is 5.42.